The van der Waals surface area contributed by atoms with Crippen LogP contribution in [0.5, 0.6) is 0 Å². The van der Waals surface area contributed by atoms with E-state index in [-0.39, 0.29) is 36.8 Å². The highest BCUT2D eigenvalue weighted by Gasteiger charge is 2.57. The number of amides is 1. The van der Waals surface area contributed by atoms with Crippen LogP contribution < -0.4 is 5.32 Å². The number of rotatable bonds is 9. The molecule has 2 aliphatic heterocycles. The average molecular weight is 605 g/mol. The third kappa shape index (κ3) is 5.22. The van der Waals surface area contributed by atoms with Gasteiger partial charge in [-0.2, -0.15) is 5.26 Å². The van der Waals surface area contributed by atoms with Gasteiger partial charge in [-0.25, -0.2) is 4.39 Å². The fraction of sp³-hybridized carbons (Fsp3) is 0.424. The largest absolute Gasteiger partial charge is 0.396 e. The second-order valence-corrected chi connectivity index (χ2v) is 12.6. The van der Waals surface area contributed by atoms with Gasteiger partial charge in [0.25, 0.3) is 5.91 Å². The Morgan fingerprint density at radius 3 is 2.53 bits per heavy atom. The lowest BCUT2D eigenvalue weighted by atomic mass is 9.76. The number of benzene rings is 2. The number of nitrogens with one attached hydrogen (secondary N) is 1. The number of nitriles is 1. The molecule has 1 aromatic heterocycles. The molecule has 43 heavy (non-hydrogen) atoms. The Morgan fingerprint density at radius 1 is 1.21 bits per heavy atom. The summed E-state index contributed by atoms with van der Waals surface area (Å²) in [5.41, 5.74) is -1.72. The van der Waals surface area contributed by atoms with E-state index in [9.17, 15) is 20.3 Å². The molecule has 1 amide bonds. The van der Waals surface area contributed by atoms with Crippen LogP contribution in [-0.4, -0.2) is 52.3 Å². The van der Waals surface area contributed by atoms with Crippen molar-refractivity contribution >= 4 is 17.5 Å². The molecule has 0 radical (unpaired) electrons. The lowest BCUT2D eigenvalue weighted by Crippen LogP contribution is -2.48. The van der Waals surface area contributed by atoms with Crippen molar-refractivity contribution in [3.63, 3.8) is 0 Å². The van der Waals surface area contributed by atoms with Gasteiger partial charge in [0.1, 0.15) is 11.9 Å². The van der Waals surface area contributed by atoms with Gasteiger partial charge in [-0.05, 0) is 93.6 Å². The summed E-state index contributed by atoms with van der Waals surface area (Å²) in [7, 11) is 0. The Hall–Kier alpha value is -3.39. The van der Waals surface area contributed by atoms with Crippen LogP contribution in [0, 0.1) is 28.5 Å². The lowest BCUT2D eigenvalue weighted by Gasteiger charge is -2.40. The van der Waals surface area contributed by atoms with E-state index in [1.807, 2.05) is 6.07 Å². The third-order valence-electron chi connectivity index (χ3n) is 9.39. The molecule has 2 atom stereocenters. The second kappa shape index (κ2) is 11.3. The summed E-state index contributed by atoms with van der Waals surface area (Å²) in [6.07, 6.45) is 4.36. The molecule has 1 unspecified atom stereocenters. The van der Waals surface area contributed by atoms with Gasteiger partial charge in [-0.3, -0.25) is 14.7 Å². The summed E-state index contributed by atoms with van der Waals surface area (Å²) < 4.78 is 23.4. The van der Waals surface area contributed by atoms with Crippen molar-refractivity contribution in [2.75, 3.05) is 26.3 Å². The number of carbonyl (C=O) groups excluding carboxylic acids is 1. The predicted octanol–water partition coefficient (Wildman–Crippen LogP) is 4.60. The zero-order chi connectivity index (χ0) is 30.4. The molecule has 3 aromatic rings. The van der Waals surface area contributed by atoms with E-state index in [1.165, 1.54) is 17.2 Å². The van der Waals surface area contributed by atoms with Gasteiger partial charge in [0, 0.05) is 22.2 Å². The van der Waals surface area contributed by atoms with E-state index < -0.39 is 28.5 Å². The zero-order valence-electron chi connectivity index (χ0n) is 23.9. The van der Waals surface area contributed by atoms with Crippen molar-refractivity contribution in [3.8, 4) is 6.07 Å². The summed E-state index contributed by atoms with van der Waals surface area (Å²) >= 11 is 6.25. The molecule has 6 rings (SSSR count). The molecule has 1 saturated heterocycles. The van der Waals surface area contributed by atoms with Crippen molar-refractivity contribution in [2.24, 2.45) is 11.3 Å². The van der Waals surface area contributed by atoms with E-state index in [4.69, 9.17) is 16.3 Å². The molecule has 10 heteroatoms. The molecule has 2 fully saturated rings. The van der Waals surface area contributed by atoms with Crippen molar-refractivity contribution in [3.05, 3.63) is 99.1 Å². The van der Waals surface area contributed by atoms with Gasteiger partial charge in [-0.1, -0.05) is 23.7 Å². The number of fused-ring (bicyclic) bond motifs is 1. The van der Waals surface area contributed by atoms with Crippen molar-refractivity contribution in [1.29, 1.82) is 5.26 Å². The molecule has 224 valence electrons. The van der Waals surface area contributed by atoms with E-state index in [1.54, 1.807) is 49.4 Å². The molecule has 0 bridgehead atoms. The molecule has 1 aliphatic carbocycles. The van der Waals surface area contributed by atoms with Crippen LogP contribution >= 0.6 is 11.6 Å². The zero-order valence-corrected chi connectivity index (χ0v) is 24.7. The highest BCUT2D eigenvalue weighted by atomic mass is 35.5. The Bertz CT molecular complexity index is 1560. The van der Waals surface area contributed by atoms with Crippen molar-refractivity contribution < 1.29 is 24.1 Å². The Kier molecular flexibility index (Phi) is 7.78. The minimum atomic E-state index is -1.71. The molecular formula is C33H34ClFN4O4. The van der Waals surface area contributed by atoms with E-state index >= 15 is 4.39 Å². The van der Waals surface area contributed by atoms with Crippen LogP contribution in [0.15, 0.2) is 54.7 Å². The molecule has 1 saturated carbocycles. The minimum absolute atomic E-state index is 0.0482. The van der Waals surface area contributed by atoms with Crippen LogP contribution in [0.25, 0.3) is 0 Å². The SMILES string of the molecule is CC(O)(c1cc(F)c2c(c1)C(=O)N(Cc1ccc(C#N)cn1)[C@@]2(OCC1(CO)CC1)c1ccc(Cl)cc1)C1CCNCC1. The third-order valence-corrected chi connectivity index (χ3v) is 9.64. The number of halogens is 2. The van der Waals surface area contributed by atoms with Gasteiger partial charge in [0.2, 0.25) is 0 Å². The van der Waals surface area contributed by atoms with Crippen LogP contribution in [0.4, 0.5) is 4.39 Å². The highest BCUT2D eigenvalue weighted by Crippen LogP contribution is 2.52. The first-order valence-electron chi connectivity index (χ1n) is 14.6. The maximum atomic E-state index is 16.7. The quantitative estimate of drug-likeness (QED) is 0.327. The summed E-state index contributed by atoms with van der Waals surface area (Å²) in [4.78, 5) is 20.3. The molecular weight excluding hydrogens is 571 g/mol. The number of aliphatic hydroxyl groups is 2. The average Bonchev–Trinajstić information content (AvgIpc) is 3.77. The van der Waals surface area contributed by atoms with Gasteiger partial charge in [0.15, 0.2) is 5.72 Å². The summed E-state index contributed by atoms with van der Waals surface area (Å²) in [6.45, 7) is 3.13. The minimum Gasteiger partial charge on any atom is -0.396 e. The molecule has 8 nitrogen and oxygen atoms in total. The molecule has 0 spiro atoms. The van der Waals surface area contributed by atoms with Gasteiger partial charge < -0.3 is 20.3 Å². The number of piperidine rings is 1. The fourth-order valence-electron chi connectivity index (χ4n) is 6.38. The fourth-order valence-corrected chi connectivity index (χ4v) is 6.50. The first-order chi connectivity index (χ1) is 20.6. The van der Waals surface area contributed by atoms with Gasteiger partial charge in [-0.15, -0.1) is 0 Å². The van der Waals surface area contributed by atoms with Crippen LogP contribution in [0.1, 0.15) is 70.9 Å². The number of carbonyl (C=O) groups is 1. The van der Waals surface area contributed by atoms with Gasteiger partial charge >= 0.3 is 0 Å². The van der Waals surface area contributed by atoms with Crippen LogP contribution in [0.2, 0.25) is 5.02 Å². The normalized spacial score (nSPS) is 22.6. The van der Waals surface area contributed by atoms with E-state index in [0.717, 1.165) is 38.8 Å². The highest BCUT2D eigenvalue weighted by molar-refractivity contribution is 6.30. The Balaban J connectivity index is 1.53. The number of pyridine rings is 1. The molecule has 2 aromatic carbocycles. The number of ether oxygens (including phenoxy) is 1. The summed E-state index contributed by atoms with van der Waals surface area (Å²) in [6, 6.07) is 15.0. The van der Waals surface area contributed by atoms with Gasteiger partial charge in [0.05, 0.1) is 47.7 Å². The number of aromatic nitrogens is 1. The number of nitrogens with zero attached hydrogens (tertiary/aromatic N) is 3. The lowest BCUT2D eigenvalue weighted by molar-refractivity contribution is -0.130. The van der Waals surface area contributed by atoms with Crippen molar-refractivity contribution in [2.45, 2.75) is 50.5 Å². The molecule has 3 heterocycles. The number of hydrogen-bond acceptors (Lipinski definition) is 7. The standard InChI is InChI=1S/C33H34ClFN4O4/c1-31(42,22-8-12-37-13-9-22)24-14-27-29(28(35)15-24)33(23-3-5-25(34)6-4-23,43-20-32(19-40)10-11-32)39(30(27)41)18-26-7-2-21(16-36)17-38-26/h2-7,14-15,17,22,37,40,42H,8-13,18-20H2,1H3/t31?,33-/m1/s1. The molecule has 3 aliphatic rings. The smallest absolute Gasteiger partial charge is 0.257 e. The second-order valence-electron chi connectivity index (χ2n) is 12.2. The van der Waals surface area contributed by atoms with Crippen molar-refractivity contribution in [1.82, 2.24) is 15.2 Å². The first-order valence-corrected chi connectivity index (χ1v) is 15.0. The molecule has 3 N–H and O–H groups in total. The number of hydrogen-bond donors (Lipinski definition) is 3. The summed E-state index contributed by atoms with van der Waals surface area (Å²) in [5.74, 6) is -1.26. The first kappa shape index (κ1) is 29.7. The summed E-state index contributed by atoms with van der Waals surface area (Å²) in [5, 5.41) is 34.8. The monoisotopic (exact) mass is 604 g/mol. The maximum absolute atomic E-state index is 16.7. The maximum Gasteiger partial charge on any atom is 0.257 e. The van der Waals surface area contributed by atoms with E-state index in [2.05, 4.69) is 10.3 Å². The Labute approximate surface area is 255 Å². The topological polar surface area (TPSA) is 119 Å². The van der Waals surface area contributed by atoms with E-state index in [0.29, 0.717) is 27.4 Å². The van der Waals surface area contributed by atoms with Crippen LogP contribution in [-0.2, 0) is 22.6 Å². The van der Waals surface area contributed by atoms with Crippen LogP contribution in [0.3, 0.4) is 0 Å². The predicted molar refractivity (Wildman–Crippen MR) is 157 cm³/mol. The number of aliphatic hydroxyl groups excluding tert-OH is 1. The Morgan fingerprint density at radius 2 is 1.93 bits per heavy atom.